The van der Waals surface area contributed by atoms with Gasteiger partial charge in [0.1, 0.15) is 5.82 Å². The molecule has 1 heterocycles. The van der Waals surface area contributed by atoms with E-state index >= 15 is 0 Å². The minimum Gasteiger partial charge on any atom is -0.314 e. The Labute approximate surface area is 130 Å². The first-order chi connectivity index (χ1) is 8.22. The van der Waals surface area contributed by atoms with Gasteiger partial charge in [0, 0.05) is 31.2 Å². The Bertz CT molecular complexity index is 409. The van der Waals surface area contributed by atoms with Crippen LogP contribution in [0.25, 0.3) is 0 Å². The molecule has 0 unspecified atom stereocenters. The molecule has 0 saturated carbocycles. The second-order valence-corrected chi connectivity index (χ2v) is 4.54. The summed E-state index contributed by atoms with van der Waals surface area (Å²) in [6.07, 6.45) is 1.83. The predicted octanol–water partition coefficient (Wildman–Crippen LogP) is 3.46. The van der Waals surface area contributed by atoms with E-state index in [9.17, 15) is 4.39 Å². The fourth-order valence-corrected chi connectivity index (χ4v) is 2.40. The molecule has 108 valence electrons. The first-order valence-electron chi connectivity index (χ1n) is 5.74. The van der Waals surface area contributed by atoms with Crippen LogP contribution < -0.4 is 5.32 Å². The summed E-state index contributed by atoms with van der Waals surface area (Å²) in [7, 11) is 0. The third kappa shape index (κ3) is 4.62. The summed E-state index contributed by atoms with van der Waals surface area (Å²) in [6.45, 7) is 7.56. The molecule has 1 fully saturated rings. The van der Waals surface area contributed by atoms with E-state index in [1.165, 1.54) is 12.1 Å². The average molecular weight is 328 g/mol. The number of nitrogens with one attached hydrogen (secondary N) is 1. The second kappa shape index (κ2) is 8.77. The molecule has 2 nitrogen and oxygen atoms in total. The minimum atomic E-state index is -0.258. The third-order valence-electron chi connectivity index (χ3n) is 3.04. The molecule has 2 rings (SSSR count). The van der Waals surface area contributed by atoms with Gasteiger partial charge in [-0.25, -0.2) is 4.39 Å². The maximum atomic E-state index is 13.3. The van der Waals surface area contributed by atoms with Crippen molar-refractivity contribution in [2.24, 2.45) is 0 Å². The highest BCUT2D eigenvalue weighted by molar-refractivity contribution is 6.31. The van der Waals surface area contributed by atoms with Gasteiger partial charge < -0.3 is 5.32 Å². The van der Waals surface area contributed by atoms with Gasteiger partial charge in [0.05, 0.1) is 6.04 Å². The van der Waals surface area contributed by atoms with Crippen LogP contribution in [0.15, 0.2) is 30.9 Å². The highest BCUT2D eigenvalue weighted by atomic mass is 35.5. The Balaban J connectivity index is 0.00000162. The van der Waals surface area contributed by atoms with Crippen molar-refractivity contribution in [2.45, 2.75) is 6.04 Å². The molecule has 6 heteroatoms. The van der Waals surface area contributed by atoms with E-state index in [1.54, 1.807) is 6.07 Å². The summed E-state index contributed by atoms with van der Waals surface area (Å²) in [5, 5.41) is 3.88. The molecule has 0 aromatic heterocycles. The number of piperazine rings is 1. The predicted molar refractivity (Wildman–Crippen MR) is 83.3 cm³/mol. The largest absolute Gasteiger partial charge is 0.314 e. The Morgan fingerprint density at radius 2 is 1.95 bits per heavy atom. The lowest BCUT2D eigenvalue weighted by atomic mass is 10.0. The highest BCUT2D eigenvalue weighted by Crippen LogP contribution is 2.29. The van der Waals surface area contributed by atoms with Crippen LogP contribution in [0, 0.1) is 5.82 Å². The summed E-state index contributed by atoms with van der Waals surface area (Å²) in [6, 6.07) is 4.46. The van der Waals surface area contributed by atoms with Gasteiger partial charge in [0.15, 0.2) is 0 Å². The summed E-state index contributed by atoms with van der Waals surface area (Å²) >= 11 is 6.13. The number of halogens is 4. The zero-order valence-electron chi connectivity index (χ0n) is 10.4. The van der Waals surface area contributed by atoms with Crippen molar-refractivity contribution >= 4 is 36.4 Å². The minimum absolute atomic E-state index is 0. The van der Waals surface area contributed by atoms with Crippen molar-refractivity contribution in [1.29, 1.82) is 0 Å². The monoisotopic (exact) mass is 326 g/mol. The van der Waals surface area contributed by atoms with Crippen LogP contribution in [0.1, 0.15) is 11.6 Å². The molecular formula is C13H18Cl3FN2. The lowest BCUT2D eigenvalue weighted by Crippen LogP contribution is -2.44. The molecule has 1 atom stereocenters. The molecule has 1 N–H and O–H groups in total. The Kier molecular flexibility index (Phi) is 8.62. The molecule has 0 bridgehead atoms. The summed E-state index contributed by atoms with van der Waals surface area (Å²) in [5.74, 6) is -0.258. The molecule has 1 aromatic carbocycles. The molecule has 1 aromatic rings. The normalized spacial score (nSPS) is 16.9. The maximum absolute atomic E-state index is 13.3. The van der Waals surface area contributed by atoms with E-state index in [2.05, 4.69) is 16.8 Å². The number of hydrogen-bond donors (Lipinski definition) is 1. The molecule has 0 aliphatic carbocycles. The third-order valence-corrected chi connectivity index (χ3v) is 3.39. The van der Waals surface area contributed by atoms with Gasteiger partial charge in [-0.05, 0) is 23.8 Å². The Morgan fingerprint density at radius 1 is 1.32 bits per heavy atom. The van der Waals surface area contributed by atoms with E-state index in [-0.39, 0.29) is 36.7 Å². The van der Waals surface area contributed by atoms with E-state index in [0.717, 1.165) is 31.7 Å². The van der Waals surface area contributed by atoms with Crippen molar-refractivity contribution in [3.8, 4) is 0 Å². The average Bonchev–Trinajstić information content (AvgIpc) is 2.36. The van der Waals surface area contributed by atoms with E-state index in [1.807, 2.05) is 6.08 Å². The molecule has 1 aliphatic heterocycles. The first-order valence-corrected chi connectivity index (χ1v) is 6.12. The summed E-state index contributed by atoms with van der Waals surface area (Å²) in [4.78, 5) is 2.25. The molecular weight excluding hydrogens is 310 g/mol. The van der Waals surface area contributed by atoms with Crippen molar-refractivity contribution in [3.63, 3.8) is 0 Å². The quantitative estimate of drug-likeness (QED) is 0.855. The zero-order valence-corrected chi connectivity index (χ0v) is 12.8. The molecule has 0 radical (unpaired) electrons. The van der Waals surface area contributed by atoms with E-state index in [0.29, 0.717) is 5.02 Å². The van der Waals surface area contributed by atoms with Gasteiger partial charge in [-0.3, -0.25) is 4.90 Å². The lowest BCUT2D eigenvalue weighted by molar-refractivity contribution is 0.203. The van der Waals surface area contributed by atoms with Crippen LogP contribution in [0.4, 0.5) is 4.39 Å². The van der Waals surface area contributed by atoms with Crippen molar-refractivity contribution in [3.05, 3.63) is 47.3 Å². The van der Waals surface area contributed by atoms with Crippen LogP contribution in [0.5, 0.6) is 0 Å². The highest BCUT2D eigenvalue weighted by Gasteiger charge is 2.21. The van der Waals surface area contributed by atoms with Crippen LogP contribution >= 0.6 is 36.4 Å². The lowest BCUT2D eigenvalue weighted by Gasteiger charge is -2.33. The van der Waals surface area contributed by atoms with Crippen LogP contribution in [-0.4, -0.2) is 31.1 Å². The second-order valence-electron chi connectivity index (χ2n) is 4.13. The molecule has 19 heavy (non-hydrogen) atoms. The topological polar surface area (TPSA) is 15.3 Å². The van der Waals surface area contributed by atoms with Crippen LogP contribution in [0.3, 0.4) is 0 Å². The van der Waals surface area contributed by atoms with E-state index in [4.69, 9.17) is 11.6 Å². The van der Waals surface area contributed by atoms with Crippen LogP contribution in [-0.2, 0) is 0 Å². The molecule has 0 spiro atoms. The number of benzene rings is 1. The van der Waals surface area contributed by atoms with Gasteiger partial charge in [0.25, 0.3) is 0 Å². The van der Waals surface area contributed by atoms with Gasteiger partial charge in [0.2, 0.25) is 0 Å². The molecule has 0 amide bonds. The Hall–Kier alpha value is -0.320. The first kappa shape index (κ1) is 18.7. The summed E-state index contributed by atoms with van der Waals surface area (Å²) in [5.41, 5.74) is 0.795. The fraction of sp³-hybridized carbons (Fsp3) is 0.385. The maximum Gasteiger partial charge on any atom is 0.123 e. The zero-order chi connectivity index (χ0) is 12.3. The van der Waals surface area contributed by atoms with Crippen molar-refractivity contribution in [2.75, 3.05) is 26.2 Å². The van der Waals surface area contributed by atoms with Gasteiger partial charge in [-0.15, -0.1) is 31.4 Å². The fourth-order valence-electron chi connectivity index (χ4n) is 2.17. The standard InChI is InChI=1S/C13H16ClFN2.2ClH/c1-2-13(17-7-5-16-6-8-17)11-9-10(15)3-4-12(11)14;;/h2-4,9,13,16H,1,5-8H2;2*1H/t13-;;/m1../s1. The smallest absolute Gasteiger partial charge is 0.123 e. The summed E-state index contributed by atoms with van der Waals surface area (Å²) < 4.78 is 13.3. The number of hydrogen-bond acceptors (Lipinski definition) is 2. The SMILES string of the molecule is C=C[C@H](c1cc(F)ccc1Cl)N1CCNCC1.Cl.Cl. The van der Waals surface area contributed by atoms with Gasteiger partial charge >= 0.3 is 0 Å². The van der Waals surface area contributed by atoms with Crippen LogP contribution in [0.2, 0.25) is 5.02 Å². The molecule has 1 saturated heterocycles. The van der Waals surface area contributed by atoms with Crippen molar-refractivity contribution < 1.29 is 4.39 Å². The Morgan fingerprint density at radius 3 is 2.53 bits per heavy atom. The molecule has 1 aliphatic rings. The van der Waals surface area contributed by atoms with Gasteiger partial charge in [-0.2, -0.15) is 0 Å². The number of rotatable bonds is 3. The van der Waals surface area contributed by atoms with E-state index < -0.39 is 0 Å². The van der Waals surface area contributed by atoms with Gasteiger partial charge in [-0.1, -0.05) is 17.7 Å². The number of nitrogens with zero attached hydrogens (tertiary/aromatic N) is 1. The van der Waals surface area contributed by atoms with Crippen molar-refractivity contribution in [1.82, 2.24) is 10.2 Å².